The monoisotopic (exact) mass is 292 g/mol. The van der Waals surface area contributed by atoms with E-state index >= 15 is 0 Å². The molecule has 0 aliphatic carbocycles. The van der Waals surface area contributed by atoms with Crippen LogP contribution in [0.2, 0.25) is 0 Å². The van der Waals surface area contributed by atoms with Crippen LogP contribution in [0.15, 0.2) is 24.3 Å². The Morgan fingerprint density at radius 2 is 2.10 bits per heavy atom. The van der Waals surface area contributed by atoms with Crippen LogP contribution in [0.4, 0.5) is 10.5 Å². The summed E-state index contributed by atoms with van der Waals surface area (Å²) >= 11 is 0. The van der Waals surface area contributed by atoms with E-state index in [1.54, 1.807) is 31.1 Å². The Morgan fingerprint density at radius 1 is 1.43 bits per heavy atom. The number of ether oxygens (including phenoxy) is 1. The van der Waals surface area contributed by atoms with Gasteiger partial charge in [-0.05, 0) is 44.4 Å². The van der Waals surface area contributed by atoms with Gasteiger partial charge in [0.05, 0.1) is 18.2 Å². The summed E-state index contributed by atoms with van der Waals surface area (Å²) in [7, 11) is 1.69. The van der Waals surface area contributed by atoms with Crippen LogP contribution in [0.25, 0.3) is 0 Å². The molecule has 21 heavy (non-hydrogen) atoms. The summed E-state index contributed by atoms with van der Waals surface area (Å²) in [4.78, 5) is 14.1. The van der Waals surface area contributed by atoms with E-state index in [0.29, 0.717) is 6.54 Å². The predicted molar refractivity (Wildman–Crippen MR) is 82.3 cm³/mol. The molecule has 2 unspecified atom stereocenters. The molecule has 1 aromatic rings. The van der Waals surface area contributed by atoms with Crippen LogP contribution in [0.3, 0.4) is 0 Å². The highest BCUT2D eigenvalue weighted by atomic mass is 16.5. The van der Waals surface area contributed by atoms with Crippen LogP contribution in [-0.2, 0) is 4.74 Å². The van der Waals surface area contributed by atoms with Gasteiger partial charge in [-0.2, -0.15) is 0 Å². The maximum atomic E-state index is 12.3. The average Bonchev–Trinajstić information content (AvgIpc) is 2.48. The fourth-order valence-corrected chi connectivity index (χ4v) is 2.59. The van der Waals surface area contributed by atoms with E-state index < -0.39 is 6.10 Å². The van der Waals surface area contributed by atoms with E-state index in [1.165, 1.54) is 0 Å². The number of anilines is 1. The molecule has 0 spiro atoms. The van der Waals surface area contributed by atoms with Crippen LogP contribution in [0.1, 0.15) is 38.4 Å². The summed E-state index contributed by atoms with van der Waals surface area (Å²) in [5.74, 6) is 0. The van der Waals surface area contributed by atoms with Gasteiger partial charge in [-0.1, -0.05) is 12.1 Å². The average molecular weight is 292 g/mol. The number of urea groups is 1. The first-order valence-corrected chi connectivity index (χ1v) is 7.33. The second kappa shape index (κ2) is 6.45. The maximum absolute atomic E-state index is 12.3. The number of hydrogen-bond acceptors (Lipinski definition) is 3. The summed E-state index contributed by atoms with van der Waals surface area (Å²) in [6, 6.07) is 7.13. The van der Waals surface area contributed by atoms with Gasteiger partial charge in [0, 0.05) is 19.3 Å². The number of hydrogen-bond donors (Lipinski definition) is 2. The Kier molecular flexibility index (Phi) is 4.85. The van der Waals surface area contributed by atoms with Gasteiger partial charge in [0.25, 0.3) is 0 Å². The van der Waals surface area contributed by atoms with Crippen LogP contribution in [0, 0.1) is 0 Å². The quantitative estimate of drug-likeness (QED) is 0.900. The van der Waals surface area contributed by atoms with Gasteiger partial charge in [-0.3, -0.25) is 0 Å². The molecule has 116 valence electrons. The summed E-state index contributed by atoms with van der Waals surface area (Å²) in [5, 5.41) is 12.4. The second-order valence-corrected chi connectivity index (χ2v) is 5.91. The number of aliphatic hydroxyl groups is 1. The lowest BCUT2D eigenvalue weighted by atomic mass is 9.95. The first-order valence-electron chi connectivity index (χ1n) is 7.33. The van der Waals surface area contributed by atoms with Crippen molar-refractivity contribution in [2.75, 3.05) is 25.5 Å². The van der Waals surface area contributed by atoms with Gasteiger partial charge in [-0.25, -0.2) is 4.79 Å². The van der Waals surface area contributed by atoms with Crippen molar-refractivity contribution in [3.8, 4) is 0 Å². The highest BCUT2D eigenvalue weighted by Gasteiger charge is 2.32. The minimum Gasteiger partial charge on any atom is -0.389 e. The normalized spacial score (nSPS) is 23.7. The van der Waals surface area contributed by atoms with Crippen molar-refractivity contribution in [1.82, 2.24) is 4.90 Å². The van der Waals surface area contributed by atoms with E-state index in [9.17, 15) is 9.90 Å². The standard InChI is InChI=1S/C16H24N2O3/c1-12(19)13-5-7-14(8-6-13)17-15(20)18-10-4-9-16(2,11-18)21-3/h5-8,12,19H,4,9-11H2,1-3H3,(H,17,20). The third-order valence-electron chi connectivity index (χ3n) is 4.08. The molecule has 0 bridgehead atoms. The number of likely N-dealkylation sites (tertiary alicyclic amines) is 1. The number of aliphatic hydroxyl groups excluding tert-OH is 1. The number of nitrogens with zero attached hydrogens (tertiary/aromatic N) is 1. The van der Waals surface area contributed by atoms with Gasteiger partial charge in [-0.15, -0.1) is 0 Å². The third kappa shape index (κ3) is 3.95. The zero-order valence-corrected chi connectivity index (χ0v) is 12.9. The molecule has 1 aliphatic heterocycles. The molecule has 0 saturated carbocycles. The van der Waals surface area contributed by atoms with Gasteiger partial charge >= 0.3 is 6.03 Å². The van der Waals surface area contributed by atoms with Crippen LogP contribution in [0.5, 0.6) is 0 Å². The zero-order valence-electron chi connectivity index (χ0n) is 12.9. The number of nitrogens with one attached hydrogen (secondary N) is 1. The molecule has 1 saturated heterocycles. The van der Waals surface area contributed by atoms with E-state index in [0.717, 1.165) is 30.6 Å². The summed E-state index contributed by atoms with van der Waals surface area (Å²) < 4.78 is 5.50. The molecule has 2 atom stereocenters. The van der Waals surface area contributed by atoms with Gasteiger partial charge in [0.15, 0.2) is 0 Å². The topological polar surface area (TPSA) is 61.8 Å². The molecule has 1 aliphatic rings. The molecule has 1 fully saturated rings. The number of amides is 2. The first-order chi connectivity index (χ1) is 9.93. The molecular formula is C16H24N2O3. The van der Waals surface area contributed by atoms with Crippen molar-refractivity contribution < 1.29 is 14.6 Å². The van der Waals surface area contributed by atoms with Crippen molar-refractivity contribution in [3.05, 3.63) is 29.8 Å². The van der Waals surface area contributed by atoms with Gasteiger partial charge < -0.3 is 20.1 Å². The van der Waals surface area contributed by atoms with Gasteiger partial charge in [0.1, 0.15) is 0 Å². The molecule has 1 aromatic carbocycles. The molecule has 0 radical (unpaired) electrons. The minimum atomic E-state index is -0.501. The molecule has 2 N–H and O–H groups in total. The summed E-state index contributed by atoms with van der Waals surface area (Å²) in [6.45, 7) is 5.09. The fraction of sp³-hybridized carbons (Fsp3) is 0.562. The lowest BCUT2D eigenvalue weighted by Gasteiger charge is -2.39. The Balaban J connectivity index is 1.97. The van der Waals surface area contributed by atoms with Crippen molar-refractivity contribution >= 4 is 11.7 Å². The maximum Gasteiger partial charge on any atom is 0.321 e. The molecule has 2 rings (SSSR count). The first kappa shape index (κ1) is 15.8. The summed E-state index contributed by atoms with van der Waals surface area (Å²) in [6.07, 6.45) is 1.41. The zero-order chi connectivity index (χ0) is 15.5. The molecule has 1 heterocycles. The Morgan fingerprint density at radius 3 is 2.67 bits per heavy atom. The SMILES string of the molecule is COC1(C)CCCN(C(=O)Nc2ccc(C(C)O)cc2)C1. The Hall–Kier alpha value is -1.59. The van der Waals surface area contributed by atoms with E-state index in [2.05, 4.69) is 5.32 Å². The lowest BCUT2D eigenvalue weighted by molar-refractivity contribution is -0.0389. The molecule has 5 nitrogen and oxygen atoms in total. The third-order valence-corrected chi connectivity index (χ3v) is 4.08. The predicted octanol–water partition coefficient (Wildman–Crippen LogP) is 2.77. The molecule has 5 heteroatoms. The number of rotatable bonds is 3. The van der Waals surface area contributed by atoms with E-state index in [4.69, 9.17) is 4.74 Å². The Bertz CT molecular complexity index is 487. The fourth-order valence-electron chi connectivity index (χ4n) is 2.59. The van der Waals surface area contributed by atoms with Crippen molar-refractivity contribution in [2.24, 2.45) is 0 Å². The highest BCUT2D eigenvalue weighted by Crippen LogP contribution is 2.24. The smallest absolute Gasteiger partial charge is 0.321 e. The van der Waals surface area contributed by atoms with Crippen molar-refractivity contribution in [1.29, 1.82) is 0 Å². The highest BCUT2D eigenvalue weighted by molar-refractivity contribution is 5.89. The number of carbonyl (C=O) groups excluding carboxylic acids is 1. The van der Waals surface area contributed by atoms with Crippen LogP contribution >= 0.6 is 0 Å². The van der Waals surface area contributed by atoms with Gasteiger partial charge in [0.2, 0.25) is 0 Å². The number of piperidine rings is 1. The largest absolute Gasteiger partial charge is 0.389 e. The number of carbonyl (C=O) groups is 1. The molecule has 2 amide bonds. The van der Waals surface area contributed by atoms with E-state index in [-0.39, 0.29) is 11.6 Å². The molecular weight excluding hydrogens is 268 g/mol. The van der Waals surface area contributed by atoms with E-state index in [1.807, 2.05) is 19.1 Å². The molecule has 0 aromatic heterocycles. The van der Waals surface area contributed by atoms with Crippen molar-refractivity contribution in [3.63, 3.8) is 0 Å². The van der Waals surface area contributed by atoms with Crippen LogP contribution in [-0.4, -0.2) is 41.8 Å². The van der Waals surface area contributed by atoms with Crippen molar-refractivity contribution in [2.45, 2.75) is 38.4 Å². The summed E-state index contributed by atoms with van der Waals surface area (Å²) in [5.41, 5.74) is 1.30. The number of benzene rings is 1. The Labute approximate surface area is 125 Å². The number of methoxy groups -OCH3 is 1. The van der Waals surface area contributed by atoms with Crippen LogP contribution < -0.4 is 5.32 Å². The second-order valence-electron chi connectivity index (χ2n) is 5.91. The minimum absolute atomic E-state index is 0.109. The lowest BCUT2D eigenvalue weighted by Crippen LogP contribution is -2.50.